The quantitative estimate of drug-likeness (QED) is 0.725. The highest BCUT2D eigenvalue weighted by atomic mass is 79.9. The van der Waals surface area contributed by atoms with E-state index in [1.807, 2.05) is 20.8 Å². The fourth-order valence-electron chi connectivity index (χ4n) is 0.765. The SMILES string of the molecule is CCC(=O)NC(C)(C)CCBr. The van der Waals surface area contributed by atoms with Crippen molar-refractivity contribution < 1.29 is 4.79 Å². The van der Waals surface area contributed by atoms with Gasteiger partial charge in [0.2, 0.25) is 5.91 Å². The number of nitrogens with one attached hydrogen (secondary N) is 1. The van der Waals surface area contributed by atoms with Crippen molar-refractivity contribution in [3.8, 4) is 0 Å². The summed E-state index contributed by atoms with van der Waals surface area (Å²) in [6.45, 7) is 5.92. The van der Waals surface area contributed by atoms with E-state index >= 15 is 0 Å². The summed E-state index contributed by atoms with van der Waals surface area (Å²) in [5.74, 6) is 0.121. The van der Waals surface area contributed by atoms with Crippen LogP contribution in [0.25, 0.3) is 0 Å². The largest absolute Gasteiger partial charge is 0.351 e. The molecule has 1 amide bonds. The number of carbonyl (C=O) groups is 1. The maximum Gasteiger partial charge on any atom is 0.220 e. The number of halogens is 1. The van der Waals surface area contributed by atoms with E-state index in [1.165, 1.54) is 0 Å². The Labute approximate surface area is 76.9 Å². The molecule has 0 aromatic heterocycles. The van der Waals surface area contributed by atoms with Crippen molar-refractivity contribution in [3.05, 3.63) is 0 Å². The van der Waals surface area contributed by atoms with E-state index < -0.39 is 0 Å². The van der Waals surface area contributed by atoms with Gasteiger partial charge in [0.25, 0.3) is 0 Å². The van der Waals surface area contributed by atoms with E-state index in [1.54, 1.807) is 0 Å². The number of hydrogen-bond acceptors (Lipinski definition) is 1. The van der Waals surface area contributed by atoms with Crippen LogP contribution in [-0.4, -0.2) is 16.8 Å². The normalized spacial score (nSPS) is 11.3. The lowest BCUT2D eigenvalue weighted by atomic mass is 10.0. The number of alkyl halides is 1. The zero-order chi connectivity index (χ0) is 8.91. The van der Waals surface area contributed by atoms with Crippen LogP contribution in [0.2, 0.25) is 0 Å². The second-order valence-corrected chi connectivity index (χ2v) is 4.02. The summed E-state index contributed by atoms with van der Waals surface area (Å²) in [5.41, 5.74) is -0.0728. The summed E-state index contributed by atoms with van der Waals surface area (Å²) >= 11 is 3.35. The fourth-order valence-corrected chi connectivity index (χ4v) is 1.76. The molecule has 0 aromatic carbocycles. The highest BCUT2D eigenvalue weighted by Gasteiger charge is 2.17. The molecule has 2 nitrogen and oxygen atoms in total. The molecule has 0 aliphatic heterocycles. The highest BCUT2D eigenvalue weighted by molar-refractivity contribution is 9.09. The van der Waals surface area contributed by atoms with Crippen LogP contribution in [0.3, 0.4) is 0 Å². The number of amides is 1. The van der Waals surface area contributed by atoms with Crippen LogP contribution in [0, 0.1) is 0 Å². The molecule has 0 unspecified atom stereocenters. The van der Waals surface area contributed by atoms with Gasteiger partial charge in [-0.1, -0.05) is 22.9 Å². The first-order valence-corrected chi connectivity index (χ1v) is 5.01. The van der Waals surface area contributed by atoms with Crippen molar-refractivity contribution in [3.63, 3.8) is 0 Å². The highest BCUT2D eigenvalue weighted by Crippen LogP contribution is 2.09. The Morgan fingerprint density at radius 2 is 2.09 bits per heavy atom. The van der Waals surface area contributed by atoms with Gasteiger partial charge in [0.05, 0.1) is 0 Å². The van der Waals surface area contributed by atoms with E-state index in [-0.39, 0.29) is 11.4 Å². The van der Waals surface area contributed by atoms with Gasteiger partial charge in [-0.25, -0.2) is 0 Å². The lowest BCUT2D eigenvalue weighted by Crippen LogP contribution is -2.43. The van der Waals surface area contributed by atoms with Crippen LogP contribution in [0.5, 0.6) is 0 Å². The summed E-state index contributed by atoms with van der Waals surface area (Å²) in [4.78, 5) is 11.0. The summed E-state index contributed by atoms with van der Waals surface area (Å²) in [6.07, 6.45) is 1.52. The van der Waals surface area contributed by atoms with Crippen LogP contribution >= 0.6 is 15.9 Å². The van der Waals surface area contributed by atoms with Gasteiger partial charge in [-0.05, 0) is 20.3 Å². The average Bonchev–Trinajstić information content (AvgIpc) is 1.86. The predicted molar refractivity (Wildman–Crippen MR) is 50.9 cm³/mol. The van der Waals surface area contributed by atoms with Crippen molar-refractivity contribution in [1.82, 2.24) is 5.32 Å². The zero-order valence-corrected chi connectivity index (χ0v) is 8.99. The Morgan fingerprint density at radius 3 is 2.45 bits per heavy atom. The molecule has 0 saturated heterocycles. The van der Waals surface area contributed by atoms with Crippen molar-refractivity contribution >= 4 is 21.8 Å². The molecule has 0 aliphatic carbocycles. The summed E-state index contributed by atoms with van der Waals surface area (Å²) in [5, 5.41) is 3.86. The first-order chi connectivity index (χ1) is 5.02. The van der Waals surface area contributed by atoms with E-state index in [4.69, 9.17) is 0 Å². The molecule has 0 rings (SSSR count). The lowest BCUT2D eigenvalue weighted by Gasteiger charge is -2.24. The van der Waals surface area contributed by atoms with Crippen LogP contribution in [-0.2, 0) is 4.79 Å². The molecule has 0 radical (unpaired) electrons. The van der Waals surface area contributed by atoms with E-state index in [0.29, 0.717) is 6.42 Å². The third kappa shape index (κ3) is 5.24. The summed E-state index contributed by atoms with van der Waals surface area (Å²) < 4.78 is 0. The maximum absolute atomic E-state index is 11.0. The number of carbonyl (C=O) groups excluding carboxylic acids is 1. The Morgan fingerprint density at radius 1 is 1.55 bits per heavy atom. The van der Waals surface area contributed by atoms with Gasteiger partial charge in [-0.2, -0.15) is 0 Å². The molecule has 0 bridgehead atoms. The van der Waals surface area contributed by atoms with Gasteiger partial charge in [0, 0.05) is 17.3 Å². The molecule has 0 fully saturated rings. The maximum atomic E-state index is 11.0. The Bertz CT molecular complexity index is 134. The fraction of sp³-hybridized carbons (Fsp3) is 0.875. The minimum atomic E-state index is -0.0728. The van der Waals surface area contributed by atoms with Crippen LogP contribution in [0.4, 0.5) is 0 Å². The lowest BCUT2D eigenvalue weighted by molar-refractivity contribution is -0.122. The van der Waals surface area contributed by atoms with Gasteiger partial charge < -0.3 is 5.32 Å². The molecule has 0 atom stereocenters. The van der Waals surface area contributed by atoms with Gasteiger partial charge in [0.1, 0.15) is 0 Å². The van der Waals surface area contributed by atoms with Gasteiger partial charge in [0.15, 0.2) is 0 Å². The first-order valence-electron chi connectivity index (χ1n) is 3.89. The molecule has 0 aromatic rings. The summed E-state index contributed by atoms with van der Waals surface area (Å²) in [6, 6.07) is 0. The predicted octanol–water partition coefficient (Wildman–Crippen LogP) is 2.08. The van der Waals surface area contributed by atoms with Crippen molar-refractivity contribution in [2.24, 2.45) is 0 Å². The molecular weight excluding hydrogens is 206 g/mol. The van der Waals surface area contributed by atoms with Gasteiger partial charge >= 0.3 is 0 Å². The minimum Gasteiger partial charge on any atom is -0.351 e. The zero-order valence-electron chi connectivity index (χ0n) is 7.41. The molecule has 0 spiro atoms. The number of hydrogen-bond donors (Lipinski definition) is 1. The van der Waals surface area contributed by atoms with Crippen molar-refractivity contribution in [2.45, 2.75) is 39.2 Å². The van der Waals surface area contributed by atoms with Gasteiger partial charge in [-0.3, -0.25) is 4.79 Å². The molecule has 0 heterocycles. The molecule has 1 N–H and O–H groups in total. The average molecular weight is 222 g/mol. The number of rotatable bonds is 4. The van der Waals surface area contributed by atoms with Crippen LogP contribution < -0.4 is 5.32 Å². The van der Waals surface area contributed by atoms with Crippen LogP contribution in [0.1, 0.15) is 33.6 Å². The second-order valence-electron chi connectivity index (χ2n) is 3.22. The second kappa shape index (κ2) is 4.75. The van der Waals surface area contributed by atoms with Crippen molar-refractivity contribution in [1.29, 1.82) is 0 Å². The minimum absolute atomic E-state index is 0.0728. The van der Waals surface area contributed by atoms with E-state index in [2.05, 4.69) is 21.2 Å². The van der Waals surface area contributed by atoms with Gasteiger partial charge in [-0.15, -0.1) is 0 Å². The molecule has 0 saturated carbocycles. The van der Waals surface area contributed by atoms with Crippen molar-refractivity contribution in [2.75, 3.05) is 5.33 Å². The third-order valence-corrected chi connectivity index (χ3v) is 1.91. The smallest absolute Gasteiger partial charge is 0.220 e. The molecule has 11 heavy (non-hydrogen) atoms. The molecule has 66 valence electrons. The monoisotopic (exact) mass is 221 g/mol. The topological polar surface area (TPSA) is 29.1 Å². The standard InChI is InChI=1S/C8H16BrNO/c1-4-7(11)10-8(2,3)5-6-9/h4-6H2,1-3H3,(H,10,11). The first kappa shape index (κ1) is 11.0. The Kier molecular flexibility index (Phi) is 4.73. The van der Waals surface area contributed by atoms with E-state index in [0.717, 1.165) is 11.8 Å². The Balaban J connectivity index is 3.80. The molecule has 0 aliphatic rings. The molecular formula is C8H16BrNO. The van der Waals surface area contributed by atoms with Crippen LogP contribution in [0.15, 0.2) is 0 Å². The summed E-state index contributed by atoms with van der Waals surface area (Å²) in [7, 11) is 0. The Hall–Kier alpha value is -0.0500. The third-order valence-electron chi connectivity index (χ3n) is 1.52. The van der Waals surface area contributed by atoms with E-state index in [9.17, 15) is 4.79 Å². The molecule has 3 heteroatoms.